The average molecular weight is 417 g/mol. The van der Waals surface area contributed by atoms with E-state index < -0.39 is 73.5 Å². The van der Waals surface area contributed by atoms with Gasteiger partial charge < -0.3 is 10.2 Å². The van der Waals surface area contributed by atoms with E-state index in [2.05, 4.69) is 15.3 Å². The molecule has 8 heteroatoms. The van der Waals surface area contributed by atoms with E-state index in [9.17, 15) is 9.18 Å². The second-order valence-corrected chi connectivity index (χ2v) is 6.47. The largest absolute Gasteiger partial charge is 0.338 e. The fraction of sp³-hybridized carbons (Fsp3) is 0.450. The molecule has 1 fully saturated rings. The van der Waals surface area contributed by atoms with Crippen LogP contribution in [0.1, 0.15) is 52.4 Å². The summed E-state index contributed by atoms with van der Waals surface area (Å²) >= 11 is 5.69. The number of piperidine rings is 1. The Kier molecular flexibility index (Phi) is 3.96. The summed E-state index contributed by atoms with van der Waals surface area (Å²) in [5.41, 5.74) is -3.07. The molecule has 1 aliphatic rings. The number of carbonyl (C=O) groups is 1. The third-order valence-corrected chi connectivity index (χ3v) is 4.36. The van der Waals surface area contributed by atoms with Crippen LogP contribution in [-0.4, -0.2) is 46.0 Å². The van der Waals surface area contributed by atoms with E-state index in [0.717, 1.165) is 30.6 Å². The normalized spacial score (nSPS) is 28.5. The van der Waals surface area contributed by atoms with Gasteiger partial charge in [-0.05, 0) is 30.1 Å². The third kappa shape index (κ3) is 5.02. The summed E-state index contributed by atoms with van der Waals surface area (Å²) in [6, 6.07) is 2.92. The predicted octanol–water partition coefficient (Wildman–Crippen LogP) is 3.57. The molecule has 0 spiro atoms. The van der Waals surface area contributed by atoms with Crippen molar-refractivity contribution in [2.24, 2.45) is 0 Å². The van der Waals surface area contributed by atoms with Crippen molar-refractivity contribution in [3.05, 3.63) is 58.4 Å². The Hall–Kier alpha value is -2.12. The fourth-order valence-corrected chi connectivity index (χ4v) is 2.61. The quantitative estimate of drug-likeness (QED) is 0.782. The van der Waals surface area contributed by atoms with Crippen molar-refractivity contribution < 1.29 is 24.5 Å². The zero-order valence-electron chi connectivity index (χ0n) is 22.9. The Morgan fingerprint density at radius 2 is 2.21 bits per heavy atom. The van der Waals surface area contributed by atoms with E-state index >= 15 is 4.39 Å². The molecule has 0 aliphatic carbocycles. The highest BCUT2D eigenvalue weighted by atomic mass is 35.5. The summed E-state index contributed by atoms with van der Waals surface area (Å²) in [6.45, 7) is -6.02. The topological polar surface area (TPSA) is 58.1 Å². The van der Waals surface area contributed by atoms with Crippen LogP contribution in [0.15, 0.2) is 30.6 Å². The van der Waals surface area contributed by atoms with Crippen molar-refractivity contribution in [1.29, 1.82) is 0 Å². The number of nitrogens with one attached hydrogen (secondary N) is 1. The summed E-state index contributed by atoms with van der Waals surface area (Å²) in [5, 5.41) is 1.81. The van der Waals surface area contributed by atoms with Crippen LogP contribution in [0, 0.1) is 5.82 Å². The van der Waals surface area contributed by atoms with Gasteiger partial charge in [0.15, 0.2) is 0 Å². The molecule has 1 N–H and O–H groups in total. The van der Waals surface area contributed by atoms with E-state index in [1.807, 2.05) is 0 Å². The Morgan fingerprint density at radius 3 is 2.89 bits per heavy atom. The number of likely N-dealkylation sites (tertiary alicyclic amines) is 1. The standard InChI is InChI=1S/C20H23ClF2N4O/c1-2-14-10-25-18(26-11-14)12-24-13-20(23)5-7-27(8-6-20)19(28)15-3-4-17(22)16(21)9-15/h3-4,9-11,24H,2,5-8,12-13H2,1H3/i2D2,5D2,7D2,12D2. The van der Waals surface area contributed by atoms with Gasteiger partial charge in [0.05, 0.1) is 14.3 Å². The van der Waals surface area contributed by atoms with Gasteiger partial charge in [0, 0.05) is 58.6 Å². The highest BCUT2D eigenvalue weighted by Crippen LogP contribution is 2.27. The van der Waals surface area contributed by atoms with Crippen molar-refractivity contribution >= 4 is 17.5 Å². The Labute approximate surface area is 179 Å². The van der Waals surface area contributed by atoms with Crippen molar-refractivity contribution in [3.8, 4) is 0 Å². The summed E-state index contributed by atoms with van der Waals surface area (Å²) in [7, 11) is 0. The average Bonchev–Trinajstić information content (AvgIpc) is 2.78. The maximum Gasteiger partial charge on any atom is 0.253 e. The minimum Gasteiger partial charge on any atom is -0.338 e. The van der Waals surface area contributed by atoms with E-state index in [-0.39, 0.29) is 11.1 Å². The molecule has 0 saturated carbocycles. The number of nitrogens with zero attached hydrogens (tertiary/aromatic N) is 3. The molecule has 2 heterocycles. The fourth-order valence-electron chi connectivity index (χ4n) is 2.43. The van der Waals surface area contributed by atoms with Gasteiger partial charge in [-0.3, -0.25) is 4.79 Å². The second kappa shape index (κ2) is 8.92. The number of rotatable bonds is 6. The molecular weight excluding hydrogens is 386 g/mol. The van der Waals surface area contributed by atoms with Crippen LogP contribution >= 0.6 is 11.6 Å². The Bertz CT molecular complexity index is 1150. The number of hydrogen-bond donors (Lipinski definition) is 1. The van der Waals surface area contributed by atoms with Gasteiger partial charge in [0.25, 0.3) is 5.91 Å². The van der Waals surface area contributed by atoms with Gasteiger partial charge in [0.1, 0.15) is 17.3 Å². The zero-order valence-corrected chi connectivity index (χ0v) is 15.6. The van der Waals surface area contributed by atoms with Crippen LogP contribution in [0.4, 0.5) is 8.78 Å². The van der Waals surface area contributed by atoms with Gasteiger partial charge in [-0.25, -0.2) is 18.7 Å². The number of carbonyl (C=O) groups excluding carboxylic acids is 1. The second-order valence-electron chi connectivity index (χ2n) is 6.06. The monoisotopic (exact) mass is 416 g/mol. The van der Waals surface area contributed by atoms with E-state index in [1.54, 1.807) is 0 Å². The number of halogens is 3. The van der Waals surface area contributed by atoms with E-state index in [4.69, 9.17) is 22.6 Å². The lowest BCUT2D eigenvalue weighted by atomic mass is 9.92. The zero-order chi connectivity index (χ0) is 27.3. The van der Waals surface area contributed by atoms with Gasteiger partial charge in [-0.1, -0.05) is 18.5 Å². The predicted molar refractivity (Wildman–Crippen MR) is 104 cm³/mol. The smallest absolute Gasteiger partial charge is 0.253 e. The number of hydrogen-bond acceptors (Lipinski definition) is 4. The number of amides is 1. The van der Waals surface area contributed by atoms with Crippen molar-refractivity contribution in [3.63, 3.8) is 0 Å². The molecule has 0 bridgehead atoms. The molecule has 1 amide bonds. The van der Waals surface area contributed by atoms with Crippen LogP contribution in [0.25, 0.3) is 0 Å². The van der Waals surface area contributed by atoms with E-state index in [0.29, 0.717) is 4.90 Å². The minimum atomic E-state index is -3.30. The first-order chi connectivity index (χ1) is 16.3. The SMILES string of the molecule is [2H]C([2H])(C)c1cnc(C([2H])([2H])NCC2(F)CCN(C(=O)c3ccc(F)c(Cl)c3)C([2H])([2H])C2([2H])[2H])nc1. The number of aromatic nitrogens is 2. The van der Waals surface area contributed by atoms with Gasteiger partial charge in [0.2, 0.25) is 0 Å². The Balaban J connectivity index is 1.81. The van der Waals surface area contributed by atoms with Crippen LogP contribution < -0.4 is 5.32 Å². The maximum atomic E-state index is 15.9. The van der Waals surface area contributed by atoms with Crippen LogP contribution in [0.5, 0.6) is 0 Å². The van der Waals surface area contributed by atoms with Crippen LogP contribution in [-0.2, 0) is 12.9 Å². The summed E-state index contributed by atoms with van der Waals surface area (Å²) in [4.78, 5) is 20.9. The molecular formula is C20H23ClF2N4O. The number of alkyl halides is 1. The maximum absolute atomic E-state index is 15.9. The minimum absolute atomic E-state index is 0.0908. The first kappa shape index (κ1) is 12.4. The van der Waals surface area contributed by atoms with Gasteiger partial charge in [-0.2, -0.15) is 0 Å². The van der Waals surface area contributed by atoms with Crippen molar-refractivity contribution in [2.75, 3.05) is 19.6 Å². The van der Waals surface area contributed by atoms with Gasteiger partial charge in [-0.15, -0.1) is 0 Å². The van der Waals surface area contributed by atoms with Crippen molar-refractivity contribution in [2.45, 2.75) is 38.3 Å². The molecule has 5 nitrogen and oxygen atoms in total. The molecule has 2 aromatic rings. The molecule has 1 unspecified atom stereocenters. The van der Waals surface area contributed by atoms with Gasteiger partial charge >= 0.3 is 0 Å². The number of aryl methyl sites for hydroxylation is 1. The highest BCUT2D eigenvalue weighted by molar-refractivity contribution is 6.31. The lowest BCUT2D eigenvalue weighted by Gasteiger charge is -2.36. The molecule has 1 saturated heterocycles. The van der Waals surface area contributed by atoms with Crippen molar-refractivity contribution in [1.82, 2.24) is 20.2 Å². The molecule has 28 heavy (non-hydrogen) atoms. The highest BCUT2D eigenvalue weighted by Gasteiger charge is 2.36. The molecule has 1 aliphatic heterocycles. The van der Waals surface area contributed by atoms with E-state index in [1.165, 1.54) is 6.92 Å². The Morgan fingerprint density at radius 1 is 1.46 bits per heavy atom. The molecule has 0 radical (unpaired) electrons. The summed E-state index contributed by atoms with van der Waals surface area (Å²) < 4.78 is 94.0. The number of benzene rings is 1. The molecule has 1 atom stereocenters. The lowest BCUT2D eigenvalue weighted by Crippen LogP contribution is -2.48. The van der Waals surface area contributed by atoms with Crippen LogP contribution in [0.3, 0.4) is 0 Å². The molecule has 1 aromatic carbocycles. The van der Waals surface area contributed by atoms with Crippen LogP contribution in [0.2, 0.25) is 5.02 Å². The first-order valence-electron chi connectivity index (χ1n) is 12.4. The summed E-state index contributed by atoms with van der Waals surface area (Å²) in [5.74, 6) is -2.27. The molecule has 150 valence electrons. The lowest BCUT2D eigenvalue weighted by molar-refractivity contribution is 0.0434. The molecule has 1 aromatic heterocycles. The third-order valence-electron chi connectivity index (χ3n) is 4.07. The molecule has 3 rings (SSSR count). The first-order valence-corrected chi connectivity index (χ1v) is 8.75. The summed E-state index contributed by atoms with van der Waals surface area (Å²) in [6.07, 6.45) is -3.59.